The fourth-order valence-electron chi connectivity index (χ4n) is 2.74. The molecule has 0 unspecified atom stereocenters. The number of nitrogens with one attached hydrogen (secondary N) is 1. The summed E-state index contributed by atoms with van der Waals surface area (Å²) in [7, 11) is 4.77. The lowest BCUT2D eigenvalue weighted by molar-refractivity contribution is 0.208. The lowest BCUT2D eigenvalue weighted by Gasteiger charge is -2.14. The van der Waals surface area contributed by atoms with Crippen LogP contribution >= 0.6 is 0 Å². The van der Waals surface area contributed by atoms with Crippen molar-refractivity contribution in [3.05, 3.63) is 40.9 Å². The monoisotopic (exact) mass is 370 g/mol. The van der Waals surface area contributed by atoms with Crippen LogP contribution in [0.25, 0.3) is 22.2 Å². The van der Waals surface area contributed by atoms with E-state index < -0.39 is 6.10 Å². The molecule has 0 amide bonds. The van der Waals surface area contributed by atoms with E-state index in [9.17, 15) is 9.90 Å². The van der Waals surface area contributed by atoms with E-state index in [0.717, 1.165) is 5.56 Å². The molecule has 0 radical (unpaired) electrons. The Morgan fingerprint density at radius 3 is 2.63 bits per heavy atom. The first-order valence-corrected chi connectivity index (χ1v) is 8.45. The van der Waals surface area contributed by atoms with Gasteiger partial charge in [-0.3, -0.25) is 4.79 Å². The number of aryl methyl sites for hydroxylation is 1. The molecule has 0 bridgehead atoms. The van der Waals surface area contributed by atoms with Crippen molar-refractivity contribution in [1.29, 1.82) is 0 Å². The number of fused-ring (bicyclic) bond motifs is 1. The minimum absolute atomic E-state index is 0.209. The van der Waals surface area contributed by atoms with Gasteiger partial charge in [0.05, 0.1) is 37.9 Å². The summed E-state index contributed by atoms with van der Waals surface area (Å²) in [4.78, 5) is 21.5. The Labute approximate surface area is 156 Å². The standard InChI is InChI=1S/C19H22N4O4/c1-11(24)9-20-18-17-14(21-10-23(2)19(17)25)8-13(22-18)12-5-6-15(26-3)16(7-12)27-4/h5-8,10-11,24H,9H2,1-4H3,(H,20,22)/t11-/m0/s1. The Kier molecular flexibility index (Phi) is 5.27. The Balaban J connectivity index is 2.20. The van der Waals surface area contributed by atoms with Crippen molar-refractivity contribution in [2.75, 3.05) is 26.1 Å². The molecule has 0 saturated heterocycles. The molecule has 8 nitrogen and oxygen atoms in total. The minimum atomic E-state index is -0.591. The highest BCUT2D eigenvalue weighted by Crippen LogP contribution is 2.33. The molecular weight excluding hydrogens is 348 g/mol. The van der Waals surface area contributed by atoms with Gasteiger partial charge < -0.3 is 24.5 Å². The Bertz CT molecular complexity index is 1030. The maximum Gasteiger partial charge on any atom is 0.264 e. The number of aliphatic hydroxyl groups is 1. The van der Waals surface area contributed by atoms with Crippen molar-refractivity contribution in [3.63, 3.8) is 0 Å². The second kappa shape index (κ2) is 7.63. The average Bonchev–Trinajstić information content (AvgIpc) is 2.68. The molecule has 0 aliphatic carbocycles. The Morgan fingerprint density at radius 1 is 1.22 bits per heavy atom. The van der Waals surface area contributed by atoms with Crippen LogP contribution in [0.3, 0.4) is 0 Å². The summed E-state index contributed by atoms with van der Waals surface area (Å²) in [6.07, 6.45) is 0.883. The van der Waals surface area contributed by atoms with E-state index in [-0.39, 0.29) is 12.1 Å². The zero-order chi connectivity index (χ0) is 19.6. The maximum absolute atomic E-state index is 12.6. The van der Waals surface area contributed by atoms with Crippen molar-refractivity contribution in [1.82, 2.24) is 14.5 Å². The van der Waals surface area contributed by atoms with E-state index in [1.807, 2.05) is 12.1 Å². The van der Waals surface area contributed by atoms with Crippen LogP contribution in [0.2, 0.25) is 0 Å². The number of ether oxygens (including phenoxy) is 2. The van der Waals surface area contributed by atoms with Crippen LogP contribution in [-0.4, -0.2) is 46.5 Å². The molecule has 2 aromatic heterocycles. The Hall–Kier alpha value is -3.13. The first-order valence-electron chi connectivity index (χ1n) is 8.45. The number of aliphatic hydroxyl groups excluding tert-OH is 1. The molecule has 2 heterocycles. The molecule has 1 atom stereocenters. The number of pyridine rings is 1. The SMILES string of the molecule is COc1ccc(-c2cc3ncn(C)c(=O)c3c(NC[C@H](C)O)n2)cc1OC. The van der Waals surface area contributed by atoms with Crippen LogP contribution in [0.15, 0.2) is 35.4 Å². The molecular formula is C19H22N4O4. The van der Waals surface area contributed by atoms with Crippen LogP contribution in [0.4, 0.5) is 5.82 Å². The second-order valence-electron chi connectivity index (χ2n) is 6.21. The van der Waals surface area contributed by atoms with Gasteiger partial charge in [-0.15, -0.1) is 0 Å². The quantitative estimate of drug-likeness (QED) is 0.683. The van der Waals surface area contributed by atoms with Gasteiger partial charge in [-0.2, -0.15) is 0 Å². The summed E-state index contributed by atoms with van der Waals surface area (Å²) >= 11 is 0. The predicted molar refractivity (Wildman–Crippen MR) is 103 cm³/mol. The number of hydrogen-bond acceptors (Lipinski definition) is 7. The van der Waals surface area contributed by atoms with Gasteiger partial charge in [0.1, 0.15) is 11.2 Å². The molecule has 27 heavy (non-hydrogen) atoms. The van der Waals surface area contributed by atoms with Gasteiger partial charge in [0.25, 0.3) is 5.56 Å². The van der Waals surface area contributed by atoms with Crippen LogP contribution in [0.1, 0.15) is 6.92 Å². The van der Waals surface area contributed by atoms with Gasteiger partial charge in [0.15, 0.2) is 11.5 Å². The highest BCUT2D eigenvalue weighted by molar-refractivity contribution is 5.91. The van der Waals surface area contributed by atoms with Crippen molar-refractivity contribution in [3.8, 4) is 22.8 Å². The number of hydrogen-bond donors (Lipinski definition) is 2. The van der Waals surface area contributed by atoms with Gasteiger partial charge in [-0.1, -0.05) is 0 Å². The molecule has 8 heteroatoms. The van der Waals surface area contributed by atoms with E-state index in [1.54, 1.807) is 40.3 Å². The van der Waals surface area contributed by atoms with Crippen LogP contribution in [-0.2, 0) is 7.05 Å². The molecule has 0 spiro atoms. The number of anilines is 1. The summed E-state index contributed by atoms with van der Waals surface area (Å²) in [5.74, 6) is 1.57. The maximum atomic E-state index is 12.6. The largest absolute Gasteiger partial charge is 0.493 e. The fraction of sp³-hybridized carbons (Fsp3) is 0.316. The Morgan fingerprint density at radius 2 is 1.96 bits per heavy atom. The third-order valence-corrected chi connectivity index (χ3v) is 4.15. The molecule has 0 aliphatic heterocycles. The first-order chi connectivity index (χ1) is 12.9. The lowest BCUT2D eigenvalue weighted by atomic mass is 10.1. The molecule has 0 saturated carbocycles. The lowest BCUT2D eigenvalue weighted by Crippen LogP contribution is -2.22. The molecule has 1 aromatic carbocycles. The third kappa shape index (κ3) is 3.70. The zero-order valence-corrected chi connectivity index (χ0v) is 15.7. The minimum Gasteiger partial charge on any atom is -0.493 e. The first kappa shape index (κ1) is 18.7. The fourth-order valence-corrected chi connectivity index (χ4v) is 2.74. The third-order valence-electron chi connectivity index (χ3n) is 4.15. The van der Waals surface area contributed by atoms with E-state index in [4.69, 9.17) is 9.47 Å². The number of benzene rings is 1. The highest BCUT2D eigenvalue weighted by Gasteiger charge is 2.15. The van der Waals surface area contributed by atoms with Gasteiger partial charge in [0.2, 0.25) is 0 Å². The van der Waals surface area contributed by atoms with Crippen LogP contribution in [0, 0.1) is 0 Å². The van der Waals surface area contributed by atoms with Gasteiger partial charge >= 0.3 is 0 Å². The smallest absolute Gasteiger partial charge is 0.264 e. The second-order valence-corrected chi connectivity index (χ2v) is 6.21. The number of methoxy groups -OCH3 is 2. The van der Waals surface area contributed by atoms with Crippen molar-refractivity contribution >= 4 is 16.7 Å². The highest BCUT2D eigenvalue weighted by atomic mass is 16.5. The average molecular weight is 370 g/mol. The van der Waals surface area contributed by atoms with E-state index in [2.05, 4.69) is 15.3 Å². The van der Waals surface area contributed by atoms with E-state index >= 15 is 0 Å². The van der Waals surface area contributed by atoms with Gasteiger partial charge in [-0.05, 0) is 31.2 Å². The zero-order valence-electron chi connectivity index (χ0n) is 15.7. The topological polar surface area (TPSA) is 98.5 Å². The molecule has 3 rings (SSSR count). The number of rotatable bonds is 6. The molecule has 3 aromatic rings. The van der Waals surface area contributed by atoms with Crippen molar-refractivity contribution < 1.29 is 14.6 Å². The molecule has 0 fully saturated rings. The van der Waals surface area contributed by atoms with Crippen molar-refractivity contribution in [2.24, 2.45) is 7.05 Å². The number of nitrogens with zero attached hydrogens (tertiary/aromatic N) is 3. The van der Waals surface area contributed by atoms with Crippen LogP contribution in [0.5, 0.6) is 11.5 Å². The summed E-state index contributed by atoms with van der Waals surface area (Å²) in [6.45, 7) is 1.92. The van der Waals surface area contributed by atoms with Crippen molar-refractivity contribution in [2.45, 2.75) is 13.0 Å². The summed E-state index contributed by atoms with van der Waals surface area (Å²) < 4.78 is 12.0. The molecule has 2 N–H and O–H groups in total. The molecule has 0 aliphatic rings. The summed E-state index contributed by atoms with van der Waals surface area (Å²) in [5, 5.41) is 13.0. The molecule has 142 valence electrons. The van der Waals surface area contributed by atoms with Gasteiger partial charge in [-0.25, -0.2) is 9.97 Å². The van der Waals surface area contributed by atoms with Crippen LogP contribution < -0.4 is 20.3 Å². The van der Waals surface area contributed by atoms with E-state index in [1.165, 1.54) is 10.9 Å². The predicted octanol–water partition coefficient (Wildman–Crippen LogP) is 1.81. The number of aromatic nitrogens is 3. The van der Waals surface area contributed by atoms with Gasteiger partial charge in [0, 0.05) is 19.2 Å². The normalized spacial score (nSPS) is 12.0. The summed E-state index contributed by atoms with van der Waals surface area (Å²) in [6, 6.07) is 7.22. The summed E-state index contributed by atoms with van der Waals surface area (Å²) in [5.41, 5.74) is 1.72. The van der Waals surface area contributed by atoms with E-state index in [0.29, 0.717) is 33.9 Å².